The Labute approximate surface area is 788 Å². The van der Waals surface area contributed by atoms with E-state index in [9.17, 15) is 117 Å². The summed E-state index contributed by atoms with van der Waals surface area (Å²) in [5, 5.41) is 19.4. The van der Waals surface area contributed by atoms with Gasteiger partial charge < -0.3 is 50.1 Å². The van der Waals surface area contributed by atoms with Crippen LogP contribution in [0.1, 0.15) is 156 Å². The van der Waals surface area contributed by atoms with Crippen molar-refractivity contribution in [3.05, 3.63) is 338 Å². The van der Waals surface area contributed by atoms with Crippen molar-refractivity contribution in [1.82, 2.24) is 31.1 Å². The van der Waals surface area contributed by atoms with Crippen LogP contribution in [-0.2, 0) is 72.1 Å². The van der Waals surface area contributed by atoms with Gasteiger partial charge in [0.1, 0.15) is 76.2 Å². The van der Waals surface area contributed by atoms with E-state index in [1.54, 1.807) is 133 Å². The van der Waals surface area contributed by atoms with Gasteiger partial charge in [0.15, 0.2) is 11.6 Å². The van der Waals surface area contributed by atoms with Crippen molar-refractivity contribution in [3.8, 4) is 17.2 Å². The average molecular weight is 1990 g/mol. The van der Waals surface area contributed by atoms with Crippen molar-refractivity contribution >= 4 is 41.8 Å². The van der Waals surface area contributed by atoms with Gasteiger partial charge in [0, 0.05) is 68.3 Å². The van der Waals surface area contributed by atoms with E-state index in [2.05, 4.69) is 30.7 Å². The van der Waals surface area contributed by atoms with Crippen molar-refractivity contribution in [3.63, 3.8) is 0 Å². The van der Waals surface area contributed by atoms with Crippen LogP contribution in [0, 0.1) is 34.9 Å². The first kappa shape index (κ1) is 108. The van der Waals surface area contributed by atoms with Crippen LogP contribution in [0.25, 0.3) is 0 Å². The normalized spacial score (nSPS) is 16.6. The Kier molecular flexibility index (Phi) is 34.3. The minimum Gasteiger partial charge on any atom is -0.494 e. The maximum Gasteiger partial charge on any atom is 0.461 e. The van der Waals surface area contributed by atoms with Crippen molar-refractivity contribution < 1.29 is 155 Å². The van der Waals surface area contributed by atoms with Crippen molar-refractivity contribution in [2.75, 3.05) is 26.7 Å². The molecule has 748 valence electrons. The number of nitrogens with zero attached hydrogens (tertiary/aromatic N) is 2. The molecule has 0 aromatic heterocycles. The van der Waals surface area contributed by atoms with E-state index in [1.807, 2.05) is 0 Å². The summed E-state index contributed by atoms with van der Waals surface area (Å²) in [7, 11) is 1.18. The van der Waals surface area contributed by atoms with Gasteiger partial charge >= 0.3 is 49.2 Å². The summed E-state index contributed by atoms with van der Waals surface area (Å²) in [6.45, 7) is 9.16. The second-order valence-electron chi connectivity index (χ2n) is 34.8. The average Bonchev–Trinajstić information content (AvgIpc) is 1.17. The summed E-state index contributed by atoms with van der Waals surface area (Å²) in [5.74, 6) is -13.6. The van der Waals surface area contributed by atoms with Gasteiger partial charge in [-0.25, -0.2) is 49.1 Å². The van der Waals surface area contributed by atoms with Crippen molar-refractivity contribution in [2.45, 2.75) is 183 Å². The third-order valence-corrected chi connectivity index (χ3v) is 22.0. The monoisotopic (exact) mass is 1980 g/mol. The molecule has 0 bridgehead atoms. The number of ether oxygens (including phenoxy) is 5. The van der Waals surface area contributed by atoms with Crippen LogP contribution >= 0.6 is 0 Å². The number of nitrogens with one attached hydrogen (secondary N) is 4. The lowest BCUT2D eigenvalue weighted by molar-refractivity contribution is -0.253. The SMILES string of the molecule is CC(C)(C)OC(=O)N1C[C@H](F)C[C@H]1C(=O)N[C@](Cc1ccccc1)(c1ccc(F)cc1)c1cc(F)cc(OC(F)(F)C(F)F)c1.CC(F)C(F)(F)Oc1cc(F)cc([C@](Cc2ccccc2)(NC(=O)c2ccc(F)c(C(F)(F)F)c2)c2ccc(C(=O)NCCCC(=O)O)cc2)c1.COc1cc([C@@](Cc2ccccc2)(NC(=O)[C@H]2C[C@@H](F)CN2C(=O)OC(C)(C)C)c2cc(F)cc(C(F)(F)F)c2)ccc1F. The largest absolute Gasteiger partial charge is 0.494 e. The zero-order valence-electron chi connectivity index (χ0n) is 75.7. The van der Waals surface area contributed by atoms with Crippen molar-refractivity contribution in [1.29, 1.82) is 0 Å². The fourth-order valence-electron chi connectivity index (χ4n) is 15.5. The van der Waals surface area contributed by atoms with Gasteiger partial charge in [-0.1, -0.05) is 121 Å². The third kappa shape index (κ3) is 28.0. The molecule has 10 aromatic carbocycles. The number of likely N-dealkylation sites (tertiary alicyclic amines) is 2. The Bertz CT molecular complexity index is 6020. The van der Waals surface area contributed by atoms with Crippen LogP contribution in [-0.4, -0.2) is 144 Å². The molecule has 6 amide bonds. The van der Waals surface area contributed by atoms with Crippen LogP contribution in [0.5, 0.6) is 17.2 Å². The molecule has 1 unspecified atom stereocenters. The highest BCUT2D eigenvalue weighted by Crippen LogP contribution is 2.45. The zero-order valence-corrected chi connectivity index (χ0v) is 75.7. The summed E-state index contributed by atoms with van der Waals surface area (Å²) in [6.07, 6.45) is -33.4. The number of carbonyl (C=O) groups is 7. The summed E-state index contributed by atoms with van der Waals surface area (Å²) in [6, 6.07) is 42.9. The van der Waals surface area contributed by atoms with Gasteiger partial charge in [-0.3, -0.25) is 33.8 Å². The number of carboxylic acid groups (broad SMARTS) is 1. The smallest absolute Gasteiger partial charge is 0.461 e. The Morgan fingerprint density at radius 1 is 0.421 bits per heavy atom. The molecule has 0 spiro atoms. The van der Waals surface area contributed by atoms with Crippen LogP contribution in [0.4, 0.5) is 102 Å². The topological polar surface area (TPSA) is 240 Å². The molecule has 0 radical (unpaired) electrons. The van der Waals surface area contributed by atoms with E-state index >= 15 is 8.78 Å². The number of halogens is 21. The molecule has 2 saturated heterocycles. The maximum atomic E-state index is 15.3. The Morgan fingerprint density at radius 2 is 0.814 bits per heavy atom. The molecule has 0 saturated carbocycles. The molecule has 19 nitrogen and oxygen atoms in total. The third-order valence-electron chi connectivity index (χ3n) is 22.0. The molecule has 5 N–H and O–H groups in total. The second kappa shape index (κ2) is 44.4. The van der Waals surface area contributed by atoms with E-state index in [0.29, 0.717) is 53.9 Å². The zero-order chi connectivity index (χ0) is 103. The second-order valence-corrected chi connectivity index (χ2v) is 34.8. The number of aliphatic carboxylic acids is 1. The first-order chi connectivity index (χ1) is 65.4. The molecule has 12 rings (SSSR count). The number of methoxy groups -OCH3 is 1. The summed E-state index contributed by atoms with van der Waals surface area (Å²) >= 11 is 0. The van der Waals surface area contributed by atoms with Gasteiger partial charge in [0.05, 0.1) is 47.9 Å². The van der Waals surface area contributed by atoms with E-state index in [0.717, 1.165) is 64.4 Å². The number of hydrogen-bond donors (Lipinski definition) is 5. The molecular formula is C100H93F21N6O13. The van der Waals surface area contributed by atoms with Gasteiger partial charge in [-0.05, 0) is 202 Å². The number of amides is 6. The Hall–Kier alpha value is -14.0. The molecule has 10 aromatic rings. The molecule has 140 heavy (non-hydrogen) atoms. The number of carbonyl (C=O) groups excluding carboxylic acids is 6. The molecule has 2 fully saturated rings. The lowest BCUT2D eigenvalue weighted by Crippen LogP contribution is -2.55. The number of rotatable bonds is 30. The first-order valence-corrected chi connectivity index (χ1v) is 42.9. The lowest BCUT2D eigenvalue weighted by atomic mass is 9.77. The quantitative estimate of drug-likeness (QED) is 0.0208. The predicted molar refractivity (Wildman–Crippen MR) is 467 cm³/mol. The van der Waals surface area contributed by atoms with E-state index in [1.165, 1.54) is 55.6 Å². The summed E-state index contributed by atoms with van der Waals surface area (Å²) in [5.41, 5.74) is -10.7. The highest BCUT2D eigenvalue weighted by atomic mass is 19.4. The molecule has 2 heterocycles. The van der Waals surface area contributed by atoms with E-state index in [-0.39, 0.29) is 89.4 Å². The molecule has 2 aliphatic rings. The number of carboxylic acids is 1. The predicted octanol–water partition coefficient (Wildman–Crippen LogP) is 21.9. The summed E-state index contributed by atoms with van der Waals surface area (Å²) in [4.78, 5) is 93.2. The molecule has 8 atom stereocenters. The van der Waals surface area contributed by atoms with Crippen LogP contribution < -0.4 is 35.5 Å². The summed E-state index contributed by atoms with van der Waals surface area (Å²) < 4.78 is 321. The standard InChI is InChI=1S/C36H30F8N2O5.C32H31F7N2O4.C32H32F6N2O4/c1-21(37)36(43,44)51-28-18-26(17-27(38)19-28)34(20-22-6-3-2-4-7-22,46-33(50)24-11-14-30(39)29(16-24)35(40,41)42)25-12-9-23(10-13-25)32(49)45-15-5-8-31(47)48;1-30(2,3)45-29(43)41-18-24(35)16-26(41)27(42)40-31(17-19-7-5-4-6-8-19,20-9-11-22(33)12-10-20)21-13-23(34)15-25(14-21)44-32(38,39)28(36)37;1-30(2,3)44-29(42)40-18-24(34)16-26(40)28(41)39-31(17-19-8-6-5-7-9-19,20-10-11-25(35)27(15-20)43-4)21-12-22(32(36,37)38)14-23(33)13-21/h2-4,6-7,9-14,16-19,21H,5,8,15,20H2,1H3,(H,45,49)(H,46,50)(H,47,48);4-15,24,26,28H,16-18H2,1-3H3,(H,40,42);5-15,24,26H,16-18H2,1-4H3,(H,39,41)/t21?,34-;24-,26+,31-;24-,26-,31-/m111/s1. The minimum absolute atomic E-state index is 0.0205. The highest BCUT2D eigenvalue weighted by Gasteiger charge is 2.51. The lowest BCUT2D eigenvalue weighted by Gasteiger charge is -2.38. The number of alkyl halides is 15. The molecular weight excluding hydrogens is 1890 g/mol. The van der Waals surface area contributed by atoms with Crippen LogP contribution in [0.2, 0.25) is 0 Å². The Morgan fingerprint density at radius 3 is 1.23 bits per heavy atom. The van der Waals surface area contributed by atoms with Gasteiger partial charge in [-0.15, -0.1) is 0 Å². The Balaban J connectivity index is 0.000000217. The van der Waals surface area contributed by atoms with E-state index < -0.39 is 220 Å². The maximum absolute atomic E-state index is 15.3. The van der Waals surface area contributed by atoms with Crippen LogP contribution in [0.3, 0.4) is 0 Å². The first-order valence-electron chi connectivity index (χ1n) is 42.9. The van der Waals surface area contributed by atoms with Gasteiger partial charge in [0.2, 0.25) is 18.0 Å². The molecule has 40 heteroatoms. The van der Waals surface area contributed by atoms with Crippen molar-refractivity contribution in [2.24, 2.45) is 0 Å². The van der Waals surface area contributed by atoms with E-state index in [4.69, 9.17) is 19.3 Å². The molecule has 0 aliphatic carbocycles. The number of hydrogen-bond acceptors (Lipinski definition) is 12. The molecule has 2 aliphatic heterocycles. The van der Waals surface area contributed by atoms with Gasteiger partial charge in [-0.2, -0.15) is 52.7 Å². The minimum atomic E-state index is -5.18. The number of benzene rings is 10. The fraction of sp³-hybridized carbons (Fsp3) is 0.330. The fourth-order valence-corrected chi connectivity index (χ4v) is 15.5. The van der Waals surface area contributed by atoms with Gasteiger partial charge in [0.25, 0.3) is 11.8 Å². The van der Waals surface area contributed by atoms with Crippen LogP contribution in [0.15, 0.2) is 231 Å². The highest BCUT2D eigenvalue weighted by molar-refractivity contribution is 5.96.